The Morgan fingerprint density at radius 3 is 2.15 bits per heavy atom. The van der Waals surface area contributed by atoms with Crippen molar-refractivity contribution in [3.05, 3.63) is 0 Å². The molecule has 0 N–H and O–H groups in total. The van der Waals surface area contributed by atoms with E-state index in [0.29, 0.717) is 12.8 Å². The second-order valence-corrected chi connectivity index (χ2v) is 3.54. The Bertz CT molecular complexity index is 204. The van der Waals surface area contributed by atoms with Crippen molar-refractivity contribution in [2.24, 2.45) is 0 Å². The Labute approximate surface area is 74.1 Å². The predicted octanol–water partition coefficient (Wildman–Crippen LogP) is 2.42. The van der Waals surface area contributed by atoms with Crippen LogP contribution in [-0.2, 0) is 9.53 Å². The summed E-state index contributed by atoms with van der Waals surface area (Å²) in [5.74, 6) is -2.07. The van der Waals surface area contributed by atoms with Gasteiger partial charge < -0.3 is 4.74 Å². The molecule has 1 rings (SSSR count). The molecule has 0 aliphatic heterocycles. The van der Waals surface area contributed by atoms with Crippen molar-refractivity contribution >= 4 is 5.97 Å². The number of hydrogen-bond donors (Lipinski definition) is 0. The van der Waals surface area contributed by atoms with E-state index in [1.807, 2.05) is 0 Å². The summed E-state index contributed by atoms with van der Waals surface area (Å²) in [5, 5.41) is 0. The molecule has 13 heavy (non-hydrogen) atoms. The Hall–Kier alpha value is -0.740. The lowest BCUT2D eigenvalue weighted by Gasteiger charge is -2.24. The molecule has 2 nitrogen and oxygen atoms in total. The van der Waals surface area contributed by atoms with Gasteiger partial charge in [0, 0.05) is 0 Å². The van der Waals surface area contributed by atoms with Crippen molar-refractivity contribution in [3.8, 4) is 0 Å². The van der Waals surface area contributed by atoms with Crippen molar-refractivity contribution in [1.82, 2.24) is 0 Å². The Morgan fingerprint density at radius 2 is 1.77 bits per heavy atom. The molecule has 1 aliphatic carbocycles. The van der Waals surface area contributed by atoms with Crippen molar-refractivity contribution in [2.45, 2.75) is 44.4 Å². The molecule has 1 fully saturated rings. The summed E-state index contributed by atoms with van der Waals surface area (Å²) in [6.45, 7) is 1.55. The first-order valence-corrected chi connectivity index (χ1v) is 4.14. The van der Waals surface area contributed by atoms with E-state index >= 15 is 0 Å². The van der Waals surface area contributed by atoms with Crippen LogP contribution >= 0.6 is 0 Å². The second-order valence-electron chi connectivity index (χ2n) is 3.54. The number of halogens is 3. The van der Waals surface area contributed by atoms with E-state index in [1.165, 1.54) is 0 Å². The number of rotatable bonds is 1. The highest BCUT2D eigenvalue weighted by Gasteiger charge is 2.45. The van der Waals surface area contributed by atoms with Crippen molar-refractivity contribution in [1.29, 1.82) is 0 Å². The van der Waals surface area contributed by atoms with Crippen LogP contribution in [0.3, 0.4) is 0 Å². The number of carbonyl (C=O) groups is 1. The van der Waals surface area contributed by atoms with Gasteiger partial charge in [0.05, 0.1) is 0 Å². The molecule has 1 aliphatic rings. The fourth-order valence-electron chi connectivity index (χ4n) is 1.51. The zero-order valence-corrected chi connectivity index (χ0v) is 7.28. The molecule has 0 amide bonds. The van der Waals surface area contributed by atoms with E-state index in [0.717, 1.165) is 12.8 Å². The third-order valence-electron chi connectivity index (χ3n) is 2.23. The molecule has 0 radical (unpaired) electrons. The van der Waals surface area contributed by atoms with Gasteiger partial charge in [0.2, 0.25) is 0 Å². The van der Waals surface area contributed by atoms with E-state index < -0.39 is 17.7 Å². The molecule has 76 valence electrons. The summed E-state index contributed by atoms with van der Waals surface area (Å²) in [5.41, 5.74) is -0.896. The highest BCUT2D eigenvalue weighted by atomic mass is 19.4. The number of carbonyl (C=O) groups excluding carboxylic acids is 1. The summed E-state index contributed by atoms with van der Waals surface area (Å²) >= 11 is 0. The first-order chi connectivity index (χ1) is 5.83. The van der Waals surface area contributed by atoms with Gasteiger partial charge in [0.15, 0.2) is 0 Å². The predicted molar refractivity (Wildman–Crippen MR) is 39.0 cm³/mol. The van der Waals surface area contributed by atoms with Crippen LogP contribution in [0.2, 0.25) is 0 Å². The Kier molecular flexibility index (Phi) is 2.54. The van der Waals surface area contributed by atoms with Gasteiger partial charge in [-0.3, -0.25) is 0 Å². The average Bonchev–Trinajstić information content (AvgIpc) is 2.33. The second kappa shape index (κ2) is 3.20. The first-order valence-electron chi connectivity index (χ1n) is 4.14. The highest BCUT2D eigenvalue weighted by Crippen LogP contribution is 2.34. The van der Waals surface area contributed by atoms with Crippen molar-refractivity contribution in [3.63, 3.8) is 0 Å². The molecule has 0 bridgehead atoms. The maximum Gasteiger partial charge on any atom is 0.490 e. The van der Waals surface area contributed by atoms with E-state index in [9.17, 15) is 18.0 Å². The molecule has 0 saturated heterocycles. The van der Waals surface area contributed by atoms with Crippen LogP contribution in [0.1, 0.15) is 32.6 Å². The molecule has 0 aromatic rings. The van der Waals surface area contributed by atoms with Gasteiger partial charge in [-0.05, 0) is 32.6 Å². The van der Waals surface area contributed by atoms with Gasteiger partial charge in [-0.1, -0.05) is 0 Å². The van der Waals surface area contributed by atoms with Crippen molar-refractivity contribution in [2.75, 3.05) is 0 Å². The standard InChI is InChI=1S/C8H11F3O2/c1-7(4-2-3-5-7)13-6(12)8(9,10)11/h2-5H2,1H3. The van der Waals surface area contributed by atoms with Crippen LogP contribution in [0, 0.1) is 0 Å². The van der Waals surface area contributed by atoms with E-state index in [1.54, 1.807) is 6.92 Å². The van der Waals surface area contributed by atoms with Crippen LogP contribution in [-0.4, -0.2) is 17.7 Å². The topological polar surface area (TPSA) is 26.3 Å². The summed E-state index contributed by atoms with van der Waals surface area (Å²) in [6.07, 6.45) is -2.18. The summed E-state index contributed by atoms with van der Waals surface area (Å²) in [6, 6.07) is 0. The average molecular weight is 196 g/mol. The molecule has 0 atom stereocenters. The highest BCUT2D eigenvalue weighted by molar-refractivity contribution is 5.76. The lowest BCUT2D eigenvalue weighted by molar-refractivity contribution is -0.212. The summed E-state index contributed by atoms with van der Waals surface area (Å²) in [7, 11) is 0. The number of esters is 1. The quantitative estimate of drug-likeness (QED) is 0.602. The SMILES string of the molecule is CC1(OC(=O)C(F)(F)F)CCCC1. The fraction of sp³-hybridized carbons (Fsp3) is 0.875. The van der Waals surface area contributed by atoms with Gasteiger partial charge in [-0.25, -0.2) is 4.79 Å². The smallest absolute Gasteiger partial charge is 0.453 e. The first kappa shape index (κ1) is 10.3. The molecular weight excluding hydrogens is 185 g/mol. The lowest BCUT2D eigenvalue weighted by atomic mass is 10.1. The zero-order valence-electron chi connectivity index (χ0n) is 7.28. The van der Waals surface area contributed by atoms with Crippen LogP contribution < -0.4 is 0 Å². The minimum absolute atomic E-state index is 0.523. The van der Waals surface area contributed by atoms with Gasteiger partial charge in [0.1, 0.15) is 5.60 Å². The van der Waals surface area contributed by atoms with E-state index in [2.05, 4.69) is 4.74 Å². The van der Waals surface area contributed by atoms with Crippen LogP contribution in [0.25, 0.3) is 0 Å². The molecule has 0 spiro atoms. The van der Waals surface area contributed by atoms with Gasteiger partial charge >= 0.3 is 12.1 Å². The molecule has 5 heteroatoms. The molecule has 0 heterocycles. The molecule has 0 unspecified atom stereocenters. The lowest BCUT2D eigenvalue weighted by Crippen LogP contribution is -2.35. The maximum absolute atomic E-state index is 11.8. The van der Waals surface area contributed by atoms with Crippen LogP contribution in [0.15, 0.2) is 0 Å². The van der Waals surface area contributed by atoms with Gasteiger partial charge in [-0.15, -0.1) is 0 Å². The number of ether oxygens (including phenoxy) is 1. The molecular formula is C8H11F3O2. The third kappa shape index (κ3) is 2.60. The van der Waals surface area contributed by atoms with Crippen molar-refractivity contribution < 1.29 is 22.7 Å². The zero-order chi connectivity index (χ0) is 10.1. The normalized spacial score (nSPS) is 21.5. The van der Waals surface area contributed by atoms with Crippen LogP contribution in [0.5, 0.6) is 0 Å². The Balaban J connectivity index is 2.53. The van der Waals surface area contributed by atoms with Gasteiger partial charge in [-0.2, -0.15) is 13.2 Å². The Morgan fingerprint density at radius 1 is 1.31 bits per heavy atom. The summed E-state index contributed by atoms with van der Waals surface area (Å²) < 4.78 is 39.8. The third-order valence-corrected chi connectivity index (χ3v) is 2.23. The maximum atomic E-state index is 11.8. The largest absolute Gasteiger partial charge is 0.490 e. The fourth-order valence-corrected chi connectivity index (χ4v) is 1.51. The minimum atomic E-state index is -4.87. The van der Waals surface area contributed by atoms with Gasteiger partial charge in [0.25, 0.3) is 0 Å². The summed E-state index contributed by atoms with van der Waals surface area (Å²) in [4.78, 5) is 10.5. The molecule has 0 aromatic heterocycles. The molecule has 1 saturated carbocycles. The number of hydrogen-bond acceptors (Lipinski definition) is 2. The monoisotopic (exact) mass is 196 g/mol. The van der Waals surface area contributed by atoms with E-state index in [-0.39, 0.29) is 0 Å². The van der Waals surface area contributed by atoms with Crippen LogP contribution in [0.4, 0.5) is 13.2 Å². The number of alkyl halides is 3. The minimum Gasteiger partial charge on any atom is -0.453 e. The molecule has 0 aromatic carbocycles. The van der Waals surface area contributed by atoms with E-state index in [4.69, 9.17) is 0 Å².